The lowest BCUT2D eigenvalue weighted by Crippen LogP contribution is -2.44. The first-order chi connectivity index (χ1) is 13.2. The Morgan fingerprint density at radius 2 is 2.26 bits per heavy atom. The molecule has 2 aromatic rings. The van der Waals surface area contributed by atoms with Gasteiger partial charge in [-0.1, -0.05) is 5.16 Å². The fourth-order valence-electron chi connectivity index (χ4n) is 4.39. The molecule has 146 valence electrons. The second-order valence-electron chi connectivity index (χ2n) is 7.61. The van der Waals surface area contributed by atoms with Crippen molar-refractivity contribution < 1.29 is 14.1 Å². The van der Waals surface area contributed by atoms with Crippen LogP contribution in [-0.2, 0) is 29.2 Å². The van der Waals surface area contributed by atoms with E-state index in [0.717, 1.165) is 57.9 Å². The quantitative estimate of drug-likeness (QED) is 0.825. The number of hydrogen-bond donors (Lipinski definition) is 1. The molecule has 0 radical (unpaired) electrons. The molecular weight excluding hydrogens is 346 g/mol. The molecule has 2 aliphatic heterocycles. The van der Waals surface area contributed by atoms with E-state index in [1.807, 2.05) is 10.9 Å². The van der Waals surface area contributed by atoms with Gasteiger partial charge in [0.1, 0.15) is 12.0 Å². The van der Waals surface area contributed by atoms with Crippen molar-refractivity contribution in [2.45, 2.75) is 39.4 Å². The van der Waals surface area contributed by atoms with Gasteiger partial charge in [0.2, 0.25) is 5.91 Å². The number of aromatic nitrogens is 3. The van der Waals surface area contributed by atoms with Crippen LogP contribution in [0.1, 0.15) is 31.0 Å². The lowest BCUT2D eigenvalue weighted by Gasteiger charge is -2.37. The van der Waals surface area contributed by atoms with Gasteiger partial charge in [0.15, 0.2) is 0 Å². The number of amides is 1. The summed E-state index contributed by atoms with van der Waals surface area (Å²) in [5, 5.41) is 11.3. The number of nitrogens with one attached hydrogen (secondary N) is 1. The summed E-state index contributed by atoms with van der Waals surface area (Å²) in [6.45, 7) is 7.34. The van der Waals surface area contributed by atoms with Gasteiger partial charge in [0, 0.05) is 62.6 Å². The fourth-order valence-corrected chi connectivity index (χ4v) is 4.39. The molecule has 1 N–H and O–H groups in total. The van der Waals surface area contributed by atoms with Gasteiger partial charge in [-0.05, 0) is 19.8 Å². The Bertz CT molecular complexity index is 751. The van der Waals surface area contributed by atoms with Gasteiger partial charge in [0.25, 0.3) is 0 Å². The Kier molecular flexibility index (Phi) is 5.27. The van der Waals surface area contributed by atoms with Crippen molar-refractivity contribution in [1.82, 2.24) is 25.2 Å². The minimum absolute atomic E-state index is 0.00704. The predicted octanol–water partition coefficient (Wildman–Crippen LogP) is 1.44. The van der Waals surface area contributed by atoms with Crippen LogP contribution in [0.5, 0.6) is 0 Å². The molecule has 1 atom stereocenters. The van der Waals surface area contributed by atoms with Gasteiger partial charge >= 0.3 is 0 Å². The second-order valence-corrected chi connectivity index (χ2v) is 7.61. The van der Waals surface area contributed by atoms with Gasteiger partial charge in [-0.15, -0.1) is 0 Å². The molecule has 4 heterocycles. The third-order valence-electron chi connectivity index (χ3n) is 5.88. The van der Waals surface area contributed by atoms with Gasteiger partial charge in [-0.25, -0.2) is 0 Å². The van der Waals surface area contributed by atoms with Crippen LogP contribution in [0.3, 0.4) is 0 Å². The van der Waals surface area contributed by atoms with Crippen molar-refractivity contribution in [1.29, 1.82) is 0 Å². The summed E-state index contributed by atoms with van der Waals surface area (Å²) >= 11 is 0. The number of rotatable bonds is 6. The number of carbonyl (C=O) groups is 1. The van der Waals surface area contributed by atoms with E-state index in [1.165, 1.54) is 11.8 Å². The number of ether oxygens (including phenoxy) is 1. The minimum Gasteiger partial charge on any atom is -0.381 e. The average Bonchev–Trinajstić information content (AvgIpc) is 3.42. The van der Waals surface area contributed by atoms with Crippen molar-refractivity contribution in [2.75, 3.05) is 26.3 Å². The molecule has 4 rings (SSSR count). The summed E-state index contributed by atoms with van der Waals surface area (Å²) in [6.07, 6.45) is 7.40. The van der Waals surface area contributed by atoms with Crippen molar-refractivity contribution in [3.63, 3.8) is 0 Å². The molecule has 0 saturated carbocycles. The van der Waals surface area contributed by atoms with E-state index in [-0.39, 0.29) is 17.2 Å². The Morgan fingerprint density at radius 1 is 1.41 bits per heavy atom. The number of carbonyl (C=O) groups excluding carboxylic acids is 1. The fraction of sp³-hybridized carbons (Fsp3) is 0.632. The third-order valence-corrected chi connectivity index (χ3v) is 5.88. The van der Waals surface area contributed by atoms with E-state index in [1.54, 1.807) is 6.07 Å². The molecule has 2 saturated heterocycles. The highest BCUT2D eigenvalue weighted by Crippen LogP contribution is 2.44. The summed E-state index contributed by atoms with van der Waals surface area (Å²) in [5.74, 6) is 0.0705. The van der Waals surface area contributed by atoms with Crippen LogP contribution in [0.4, 0.5) is 0 Å². The van der Waals surface area contributed by atoms with Gasteiger partial charge in [0.05, 0.1) is 18.7 Å². The molecule has 2 aromatic heterocycles. The number of aryl methyl sites for hydroxylation is 1. The lowest BCUT2D eigenvalue weighted by molar-refractivity contribution is -0.130. The Morgan fingerprint density at radius 3 is 2.96 bits per heavy atom. The van der Waals surface area contributed by atoms with Crippen LogP contribution in [0, 0.1) is 11.3 Å². The van der Waals surface area contributed by atoms with E-state index in [9.17, 15) is 4.79 Å². The summed E-state index contributed by atoms with van der Waals surface area (Å²) in [5.41, 5.74) is 1.93. The zero-order valence-electron chi connectivity index (χ0n) is 15.8. The monoisotopic (exact) mass is 373 g/mol. The molecule has 0 bridgehead atoms. The third kappa shape index (κ3) is 3.91. The first-order valence-electron chi connectivity index (χ1n) is 9.67. The van der Waals surface area contributed by atoms with Gasteiger partial charge < -0.3 is 14.6 Å². The molecule has 8 heteroatoms. The predicted molar refractivity (Wildman–Crippen MR) is 97.5 cm³/mol. The molecule has 0 aromatic carbocycles. The van der Waals surface area contributed by atoms with E-state index in [2.05, 4.69) is 33.6 Å². The highest BCUT2D eigenvalue weighted by atomic mass is 16.5. The zero-order valence-corrected chi connectivity index (χ0v) is 15.8. The summed E-state index contributed by atoms with van der Waals surface area (Å²) in [7, 11) is 0. The molecule has 1 spiro atoms. The van der Waals surface area contributed by atoms with Gasteiger partial charge in [-0.2, -0.15) is 5.10 Å². The Labute approximate surface area is 158 Å². The van der Waals surface area contributed by atoms with Crippen LogP contribution in [0.15, 0.2) is 29.2 Å². The van der Waals surface area contributed by atoms with Crippen molar-refractivity contribution in [3.8, 4) is 0 Å². The smallest absolute Gasteiger partial charge is 0.225 e. The Hall–Kier alpha value is -2.19. The molecule has 1 amide bonds. The highest BCUT2D eigenvalue weighted by Gasteiger charge is 2.50. The lowest BCUT2D eigenvalue weighted by atomic mass is 9.72. The molecule has 27 heavy (non-hydrogen) atoms. The van der Waals surface area contributed by atoms with E-state index in [4.69, 9.17) is 9.26 Å². The normalized spacial score (nSPS) is 22.3. The van der Waals surface area contributed by atoms with Crippen LogP contribution in [-0.4, -0.2) is 52.0 Å². The maximum Gasteiger partial charge on any atom is 0.225 e. The first kappa shape index (κ1) is 18.2. The summed E-state index contributed by atoms with van der Waals surface area (Å²) in [4.78, 5) is 15.4. The zero-order chi connectivity index (χ0) is 18.7. The number of hydrogen-bond acceptors (Lipinski definition) is 6. The molecule has 2 fully saturated rings. The average molecular weight is 373 g/mol. The van der Waals surface area contributed by atoms with Crippen LogP contribution in [0.25, 0.3) is 0 Å². The maximum absolute atomic E-state index is 13.0. The maximum atomic E-state index is 13.0. The molecule has 8 nitrogen and oxygen atoms in total. The minimum atomic E-state index is -0.0329. The van der Waals surface area contributed by atoms with Crippen molar-refractivity contribution in [3.05, 3.63) is 36.0 Å². The summed E-state index contributed by atoms with van der Waals surface area (Å²) < 4.78 is 12.4. The topological polar surface area (TPSA) is 85.4 Å². The largest absolute Gasteiger partial charge is 0.381 e. The number of nitrogens with zero attached hydrogens (tertiary/aromatic N) is 4. The Balaban J connectivity index is 1.44. The van der Waals surface area contributed by atoms with E-state index in [0.29, 0.717) is 6.54 Å². The molecule has 2 aliphatic rings. The molecular formula is C19H27N5O3. The van der Waals surface area contributed by atoms with Crippen LogP contribution in [0.2, 0.25) is 0 Å². The SMILES string of the molecule is CCn1cc(CN2CC(C(=O)NCc3ccon3)C3(CCOCC3)C2)cn1. The van der Waals surface area contributed by atoms with Crippen LogP contribution < -0.4 is 5.32 Å². The molecule has 1 unspecified atom stereocenters. The molecule has 0 aliphatic carbocycles. The first-order valence-corrected chi connectivity index (χ1v) is 9.67. The van der Waals surface area contributed by atoms with Crippen molar-refractivity contribution in [2.24, 2.45) is 11.3 Å². The summed E-state index contributed by atoms with van der Waals surface area (Å²) in [6, 6.07) is 1.77. The van der Waals surface area contributed by atoms with Gasteiger partial charge in [-0.3, -0.25) is 14.4 Å². The second kappa shape index (κ2) is 7.82. The standard InChI is InChI=1S/C19H27N5O3/c1-2-24-12-15(9-21-24)11-23-13-17(19(14-23)4-7-26-8-5-19)18(25)20-10-16-3-6-27-22-16/h3,6,9,12,17H,2,4-5,7-8,10-11,13-14H2,1H3,(H,20,25). The van der Waals surface area contributed by atoms with Crippen molar-refractivity contribution >= 4 is 5.91 Å². The van der Waals surface area contributed by atoms with Crippen LogP contribution >= 0.6 is 0 Å². The highest BCUT2D eigenvalue weighted by molar-refractivity contribution is 5.80. The number of likely N-dealkylation sites (tertiary alicyclic amines) is 1. The van der Waals surface area contributed by atoms with E-state index < -0.39 is 0 Å². The van der Waals surface area contributed by atoms with E-state index >= 15 is 0 Å².